The van der Waals surface area contributed by atoms with Crippen molar-refractivity contribution >= 4 is 11.8 Å². The highest BCUT2D eigenvalue weighted by Gasteiger charge is 2.39. The summed E-state index contributed by atoms with van der Waals surface area (Å²) in [6.45, 7) is 3.36. The van der Waals surface area contributed by atoms with E-state index in [9.17, 15) is 9.59 Å². The average molecular weight is 308 g/mol. The van der Waals surface area contributed by atoms with E-state index in [2.05, 4.69) is 10.2 Å². The van der Waals surface area contributed by atoms with E-state index < -0.39 is 5.54 Å². The lowest BCUT2D eigenvalue weighted by atomic mass is 9.81. The van der Waals surface area contributed by atoms with Gasteiger partial charge in [-0.2, -0.15) is 0 Å². The van der Waals surface area contributed by atoms with Crippen LogP contribution in [0.15, 0.2) is 0 Å². The van der Waals surface area contributed by atoms with Crippen molar-refractivity contribution in [3.63, 3.8) is 0 Å². The van der Waals surface area contributed by atoms with E-state index in [-0.39, 0.29) is 11.8 Å². The third-order valence-electron chi connectivity index (χ3n) is 5.14. The van der Waals surface area contributed by atoms with Gasteiger partial charge in [0.25, 0.3) is 0 Å². The maximum atomic E-state index is 12.7. The molecule has 3 aliphatic rings. The first-order valence-corrected chi connectivity index (χ1v) is 8.67. The van der Waals surface area contributed by atoms with Crippen LogP contribution in [0, 0.1) is 0 Å². The molecule has 22 heavy (non-hydrogen) atoms. The van der Waals surface area contributed by atoms with Crippen molar-refractivity contribution in [2.24, 2.45) is 5.73 Å². The minimum absolute atomic E-state index is 0.116. The molecule has 2 saturated carbocycles. The maximum Gasteiger partial charge on any atom is 0.242 e. The molecule has 0 spiro atoms. The number of nitrogens with zero attached hydrogens (tertiary/aromatic N) is 2. The molecule has 0 aromatic heterocycles. The summed E-state index contributed by atoms with van der Waals surface area (Å²) in [5.74, 6) is 0.235. The van der Waals surface area contributed by atoms with Gasteiger partial charge in [-0.15, -0.1) is 0 Å². The highest BCUT2D eigenvalue weighted by Crippen LogP contribution is 2.28. The predicted octanol–water partition coefficient (Wildman–Crippen LogP) is 0.0708. The van der Waals surface area contributed by atoms with Gasteiger partial charge < -0.3 is 16.0 Å². The second-order valence-electron chi connectivity index (χ2n) is 7.13. The number of nitrogens with two attached hydrogens (primary N) is 1. The van der Waals surface area contributed by atoms with Gasteiger partial charge in [-0.3, -0.25) is 14.5 Å². The number of nitrogens with one attached hydrogen (secondary N) is 1. The lowest BCUT2D eigenvalue weighted by Gasteiger charge is -2.40. The fourth-order valence-electron chi connectivity index (χ4n) is 3.52. The Kier molecular flexibility index (Phi) is 4.68. The molecular weight excluding hydrogens is 280 g/mol. The van der Waals surface area contributed by atoms with Crippen LogP contribution in [0.2, 0.25) is 0 Å². The molecule has 3 rings (SSSR count). The highest BCUT2D eigenvalue weighted by atomic mass is 16.2. The zero-order chi connectivity index (χ0) is 15.6. The number of carbonyl (C=O) groups excluding carboxylic acids is 2. The fraction of sp³-hybridized carbons (Fsp3) is 0.875. The fourth-order valence-corrected chi connectivity index (χ4v) is 3.52. The van der Waals surface area contributed by atoms with Gasteiger partial charge in [-0.05, 0) is 25.7 Å². The Morgan fingerprint density at radius 1 is 1.05 bits per heavy atom. The maximum absolute atomic E-state index is 12.7. The molecule has 0 radical (unpaired) electrons. The topological polar surface area (TPSA) is 78.7 Å². The van der Waals surface area contributed by atoms with Crippen molar-refractivity contribution in [2.45, 2.75) is 56.5 Å². The van der Waals surface area contributed by atoms with Gasteiger partial charge in [-0.25, -0.2) is 0 Å². The second kappa shape index (κ2) is 6.54. The third-order valence-corrected chi connectivity index (χ3v) is 5.14. The van der Waals surface area contributed by atoms with Gasteiger partial charge in [-0.1, -0.05) is 19.3 Å². The monoisotopic (exact) mass is 308 g/mol. The summed E-state index contributed by atoms with van der Waals surface area (Å²) in [5, 5.41) is 3.01. The largest absolute Gasteiger partial charge is 0.352 e. The van der Waals surface area contributed by atoms with Crippen LogP contribution in [0.4, 0.5) is 0 Å². The lowest BCUT2D eigenvalue weighted by molar-refractivity contribution is -0.140. The molecule has 0 aromatic carbocycles. The Labute approximate surface area is 132 Å². The van der Waals surface area contributed by atoms with Crippen LogP contribution in [0.1, 0.15) is 44.9 Å². The first-order valence-electron chi connectivity index (χ1n) is 8.67. The van der Waals surface area contributed by atoms with Crippen molar-refractivity contribution in [3.05, 3.63) is 0 Å². The summed E-state index contributed by atoms with van der Waals surface area (Å²) >= 11 is 0. The van der Waals surface area contributed by atoms with Crippen molar-refractivity contribution in [2.75, 3.05) is 32.7 Å². The number of carbonyl (C=O) groups is 2. The Balaban J connectivity index is 1.44. The molecule has 3 fully saturated rings. The molecule has 1 aliphatic heterocycles. The minimum atomic E-state index is -0.635. The molecule has 3 N–H and O–H groups in total. The van der Waals surface area contributed by atoms with E-state index in [1.807, 2.05) is 4.90 Å². The smallest absolute Gasteiger partial charge is 0.242 e. The normalized spacial score (nSPS) is 25.8. The summed E-state index contributed by atoms with van der Waals surface area (Å²) in [4.78, 5) is 28.5. The summed E-state index contributed by atoms with van der Waals surface area (Å²) < 4.78 is 0. The molecule has 0 bridgehead atoms. The number of hydrogen-bond acceptors (Lipinski definition) is 4. The summed E-state index contributed by atoms with van der Waals surface area (Å²) in [6.07, 6.45) is 7.17. The SMILES string of the molecule is NC1(C(=O)N2CCN(CC(=O)NC3CC3)CC2)CCCCC1. The number of amides is 2. The van der Waals surface area contributed by atoms with Crippen LogP contribution in [-0.2, 0) is 9.59 Å². The minimum Gasteiger partial charge on any atom is -0.352 e. The molecule has 1 heterocycles. The van der Waals surface area contributed by atoms with Gasteiger partial charge in [0.05, 0.1) is 12.1 Å². The Morgan fingerprint density at radius 3 is 2.27 bits per heavy atom. The molecule has 124 valence electrons. The zero-order valence-electron chi connectivity index (χ0n) is 13.4. The summed E-state index contributed by atoms with van der Waals surface area (Å²) in [5.41, 5.74) is 5.71. The van der Waals surface area contributed by atoms with Crippen LogP contribution >= 0.6 is 0 Å². The van der Waals surface area contributed by atoms with E-state index >= 15 is 0 Å². The molecule has 1 saturated heterocycles. The number of rotatable bonds is 4. The second-order valence-corrected chi connectivity index (χ2v) is 7.13. The summed E-state index contributed by atoms with van der Waals surface area (Å²) in [7, 11) is 0. The lowest BCUT2D eigenvalue weighted by Crippen LogP contribution is -2.60. The van der Waals surface area contributed by atoms with E-state index in [0.29, 0.717) is 25.7 Å². The first kappa shape index (κ1) is 15.7. The number of piperazine rings is 1. The Hall–Kier alpha value is -1.14. The molecule has 2 aliphatic carbocycles. The van der Waals surface area contributed by atoms with Gasteiger partial charge >= 0.3 is 0 Å². The van der Waals surface area contributed by atoms with Crippen LogP contribution < -0.4 is 11.1 Å². The van der Waals surface area contributed by atoms with Crippen molar-refractivity contribution in [3.8, 4) is 0 Å². The van der Waals surface area contributed by atoms with E-state index in [1.165, 1.54) is 6.42 Å². The molecular formula is C16H28N4O2. The van der Waals surface area contributed by atoms with Crippen molar-refractivity contribution in [1.82, 2.24) is 15.1 Å². The van der Waals surface area contributed by atoms with Gasteiger partial charge in [0.15, 0.2) is 0 Å². The van der Waals surface area contributed by atoms with E-state index in [4.69, 9.17) is 5.73 Å². The van der Waals surface area contributed by atoms with Gasteiger partial charge in [0, 0.05) is 32.2 Å². The zero-order valence-corrected chi connectivity index (χ0v) is 13.4. The molecule has 6 nitrogen and oxygen atoms in total. The Morgan fingerprint density at radius 2 is 1.68 bits per heavy atom. The standard InChI is InChI=1S/C16H28N4O2/c17-16(6-2-1-3-7-16)15(22)20-10-8-19(9-11-20)12-14(21)18-13-4-5-13/h13H,1-12,17H2,(H,18,21). The van der Waals surface area contributed by atoms with E-state index in [1.54, 1.807) is 0 Å². The number of hydrogen-bond donors (Lipinski definition) is 2. The van der Waals surface area contributed by atoms with Crippen LogP contribution in [0.25, 0.3) is 0 Å². The molecule has 2 amide bonds. The average Bonchev–Trinajstić information content (AvgIpc) is 3.32. The van der Waals surface area contributed by atoms with Crippen molar-refractivity contribution in [1.29, 1.82) is 0 Å². The highest BCUT2D eigenvalue weighted by molar-refractivity contribution is 5.86. The molecule has 0 unspecified atom stereocenters. The predicted molar refractivity (Wildman–Crippen MR) is 84.2 cm³/mol. The van der Waals surface area contributed by atoms with Gasteiger partial charge in [0.2, 0.25) is 11.8 Å². The molecule has 0 atom stereocenters. The van der Waals surface area contributed by atoms with E-state index in [0.717, 1.165) is 51.6 Å². The summed E-state index contributed by atoms with van der Waals surface area (Å²) in [6, 6.07) is 0.416. The Bertz CT molecular complexity index is 422. The van der Waals surface area contributed by atoms with Gasteiger partial charge in [0.1, 0.15) is 0 Å². The van der Waals surface area contributed by atoms with Crippen LogP contribution in [-0.4, -0.2) is 65.9 Å². The molecule has 6 heteroatoms. The first-order chi connectivity index (χ1) is 10.6. The van der Waals surface area contributed by atoms with Crippen LogP contribution in [0.5, 0.6) is 0 Å². The van der Waals surface area contributed by atoms with Crippen molar-refractivity contribution < 1.29 is 9.59 Å². The molecule has 0 aromatic rings. The van der Waals surface area contributed by atoms with Crippen LogP contribution in [0.3, 0.4) is 0 Å². The quantitative estimate of drug-likeness (QED) is 0.770. The third kappa shape index (κ3) is 3.79.